The standard InChI is InChI=1S/C57H58N6O13S/c1-32-33(2)35(4)51(68)50(34(32)3)56(5,6)31-49(67)62(8)20-21-63(55(71)74-39-12-16-44-47(30-39)77-54(58-7)61-44)22-24-73-26-25-72-23-17-48(66)59-18-19-60-52(69)36-9-13-41-40(27-36)53(70)76-57(41)42-14-10-37(64)28-45(42)75-46-29-38(65)11-15-43(46)57/h9-16,27-30,64-65H,1,17-26,31H2,2-6,8H3,(H,59,66)(H,60,69). The Bertz CT molecular complexity index is 3300. The molecule has 8 rings (SSSR count). The first-order valence-corrected chi connectivity index (χ1v) is 25.6. The normalized spacial score (nSPS) is 14.3. The van der Waals surface area contributed by atoms with Crippen molar-refractivity contribution in [3.8, 4) is 28.7 Å². The van der Waals surface area contributed by atoms with E-state index >= 15 is 0 Å². The minimum Gasteiger partial charge on any atom is -0.508 e. The highest BCUT2D eigenvalue weighted by molar-refractivity contribution is 7.22. The molecule has 0 unspecified atom stereocenters. The Morgan fingerprint density at radius 1 is 0.818 bits per heavy atom. The number of amides is 4. The van der Waals surface area contributed by atoms with E-state index < -0.39 is 29.0 Å². The monoisotopic (exact) mass is 1070 g/mol. The Morgan fingerprint density at radius 2 is 1.48 bits per heavy atom. The molecule has 0 radical (unpaired) electrons. The van der Waals surface area contributed by atoms with E-state index in [0.717, 1.165) is 16.7 Å². The zero-order valence-corrected chi connectivity index (χ0v) is 44.3. The number of phenolic OH excluding ortho intramolecular Hbond substituents is 2. The quantitative estimate of drug-likeness (QED) is 0.0326. The number of phenols is 2. The van der Waals surface area contributed by atoms with Crippen molar-refractivity contribution in [3.05, 3.63) is 146 Å². The summed E-state index contributed by atoms with van der Waals surface area (Å²) in [5.41, 5.74) is 3.61. The lowest BCUT2D eigenvalue weighted by Crippen LogP contribution is -2.43. The van der Waals surface area contributed by atoms with E-state index in [1.807, 2.05) is 27.7 Å². The molecule has 1 aliphatic carbocycles. The predicted molar refractivity (Wildman–Crippen MR) is 284 cm³/mol. The van der Waals surface area contributed by atoms with Crippen LogP contribution in [0.1, 0.15) is 84.9 Å². The minimum atomic E-state index is -1.46. The molecule has 4 N–H and O–H groups in total. The smallest absolute Gasteiger partial charge is 0.415 e. The number of benzene rings is 4. The molecule has 5 aromatic rings. The third-order valence-electron chi connectivity index (χ3n) is 13.8. The Hall–Kier alpha value is -8.38. The number of nitrogens with one attached hydrogen (secondary N) is 2. The van der Waals surface area contributed by atoms with Crippen molar-refractivity contribution in [2.45, 2.75) is 53.1 Å². The van der Waals surface area contributed by atoms with Gasteiger partial charge in [-0.3, -0.25) is 19.2 Å². The van der Waals surface area contributed by atoms with Crippen LogP contribution in [0, 0.1) is 12.0 Å². The highest BCUT2D eigenvalue weighted by Gasteiger charge is 2.54. The van der Waals surface area contributed by atoms with Gasteiger partial charge in [-0.2, -0.15) is 0 Å². The summed E-state index contributed by atoms with van der Waals surface area (Å²) in [6.07, 6.45) is -0.599. The second-order valence-electron chi connectivity index (χ2n) is 19.4. The molecule has 19 nitrogen and oxygen atoms in total. The fourth-order valence-corrected chi connectivity index (χ4v) is 10.3. The van der Waals surface area contributed by atoms with Gasteiger partial charge in [0, 0.05) is 110 Å². The van der Waals surface area contributed by atoms with Crippen molar-refractivity contribution in [3.63, 3.8) is 0 Å². The molecule has 2 aliphatic heterocycles. The fraction of sp³-hybridized carbons (Fsp3) is 0.333. The van der Waals surface area contributed by atoms with Crippen LogP contribution in [0.3, 0.4) is 0 Å². The third-order valence-corrected chi connectivity index (χ3v) is 14.8. The maximum absolute atomic E-state index is 13.7. The number of fused-ring (bicyclic) bond motifs is 7. The van der Waals surface area contributed by atoms with Crippen molar-refractivity contribution in [2.75, 3.05) is 66.2 Å². The lowest BCUT2D eigenvalue weighted by atomic mass is 9.70. The zero-order chi connectivity index (χ0) is 55.3. The Labute approximate surface area is 448 Å². The van der Waals surface area contributed by atoms with Crippen LogP contribution in [0.4, 0.5) is 9.93 Å². The van der Waals surface area contributed by atoms with Crippen molar-refractivity contribution in [1.82, 2.24) is 25.4 Å². The van der Waals surface area contributed by atoms with E-state index in [1.54, 1.807) is 56.4 Å². The second kappa shape index (κ2) is 22.8. The van der Waals surface area contributed by atoms with Gasteiger partial charge >= 0.3 is 17.2 Å². The Kier molecular flexibility index (Phi) is 16.3. The number of ether oxygens (including phenoxy) is 5. The highest BCUT2D eigenvalue weighted by atomic mass is 32.1. The molecular weight excluding hydrogens is 1010 g/mol. The number of aromatic hydroxyl groups is 2. The molecule has 1 spiro atoms. The van der Waals surface area contributed by atoms with E-state index in [0.29, 0.717) is 38.1 Å². The number of carbonyl (C=O) groups excluding carboxylic acids is 6. The molecule has 3 heterocycles. The Balaban J connectivity index is 0.773. The summed E-state index contributed by atoms with van der Waals surface area (Å²) in [7, 11) is 1.64. The lowest BCUT2D eigenvalue weighted by Gasteiger charge is -2.36. The van der Waals surface area contributed by atoms with Gasteiger partial charge in [-0.25, -0.2) is 9.59 Å². The summed E-state index contributed by atoms with van der Waals surface area (Å²) >= 11 is 1.18. The number of ketones is 1. The van der Waals surface area contributed by atoms with Gasteiger partial charge in [0.2, 0.25) is 11.8 Å². The molecule has 0 atom stereocenters. The van der Waals surface area contributed by atoms with Gasteiger partial charge in [0.05, 0.1) is 36.7 Å². The maximum atomic E-state index is 13.7. The van der Waals surface area contributed by atoms with E-state index in [1.165, 1.54) is 51.5 Å². The Morgan fingerprint density at radius 3 is 2.17 bits per heavy atom. The van der Waals surface area contributed by atoms with Gasteiger partial charge in [0.1, 0.15) is 28.7 Å². The molecule has 0 saturated heterocycles. The van der Waals surface area contributed by atoms with Crippen LogP contribution in [0.2, 0.25) is 0 Å². The van der Waals surface area contributed by atoms with Crippen LogP contribution in [0.5, 0.6) is 28.7 Å². The SMILES string of the molecule is [C-]#[N+]c1nc2ccc(OC(=O)N(CCOCCOCCC(=O)NCCNC(=O)c3ccc4c(c3)C(=O)OC43c4ccc(O)cc4Oc4cc(O)ccc43)CCN(C)C(=O)CC(C)(C)C3=C(C)C(=C)C(C)=C(C)C3=O)cc2s1. The van der Waals surface area contributed by atoms with Crippen molar-refractivity contribution >= 4 is 62.3 Å². The number of allylic oxidation sites excluding steroid dienone is 5. The molecule has 1 aromatic heterocycles. The number of esters is 1. The van der Waals surface area contributed by atoms with Gasteiger partial charge in [-0.1, -0.05) is 33.1 Å². The molecule has 77 heavy (non-hydrogen) atoms. The third kappa shape index (κ3) is 11.6. The topological polar surface area (TPSA) is 237 Å². The zero-order valence-electron chi connectivity index (χ0n) is 43.5. The number of Topliss-reactive ketones (excluding diaryl/α,β-unsaturated/α-hetero) is 1. The number of hydrogen-bond acceptors (Lipinski definition) is 15. The molecule has 3 aliphatic rings. The largest absolute Gasteiger partial charge is 0.508 e. The fourth-order valence-electron chi connectivity index (χ4n) is 9.54. The molecular formula is C57H58N6O13S. The average molecular weight is 1070 g/mol. The molecule has 0 fully saturated rings. The summed E-state index contributed by atoms with van der Waals surface area (Å²) in [6, 6.07) is 18.4. The molecule has 20 heteroatoms. The first-order valence-electron chi connectivity index (χ1n) is 24.8. The molecule has 0 bridgehead atoms. The summed E-state index contributed by atoms with van der Waals surface area (Å²) in [6.45, 7) is 21.7. The minimum absolute atomic E-state index is 0.0356. The van der Waals surface area contributed by atoms with E-state index in [-0.39, 0.29) is 135 Å². The first-order chi connectivity index (χ1) is 36.7. The summed E-state index contributed by atoms with van der Waals surface area (Å²) < 4.78 is 29.9. The first kappa shape index (κ1) is 54.9. The lowest BCUT2D eigenvalue weighted by molar-refractivity contribution is -0.132. The van der Waals surface area contributed by atoms with Gasteiger partial charge in [0.25, 0.3) is 5.91 Å². The van der Waals surface area contributed by atoms with Crippen LogP contribution in [-0.4, -0.2) is 127 Å². The van der Waals surface area contributed by atoms with Crippen LogP contribution in [0.25, 0.3) is 15.1 Å². The number of likely N-dealkylation sites (N-methyl/N-ethyl adjacent to an activating group) is 1. The van der Waals surface area contributed by atoms with Gasteiger partial charge in [0.15, 0.2) is 16.9 Å². The van der Waals surface area contributed by atoms with E-state index in [4.69, 9.17) is 30.3 Å². The summed E-state index contributed by atoms with van der Waals surface area (Å²) in [4.78, 5) is 90.6. The number of aromatic nitrogens is 1. The predicted octanol–water partition coefficient (Wildman–Crippen LogP) is 8.26. The summed E-state index contributed by atoms with van der Waals surface area (Å²) in [5, 5.41) is 26.1. The number of thiazole rings is 1. The van der Waals surface area contributed by atoms with Gasteiger partial charge in [-0.15, -0.1) is 16.3 Å². The highest BCUT2D eigenvalue weighted by Crippen LogP contribution is 2.57. The van der Waals surface area contributed by atoms with Crippen LogP contribution in [-0.2, 0) is 34.2 Å². The average Bonchev–Trinajstić information content (AvgIpc) is 4.12. The number of nitrogens with zero attached hydrogens (tertiary/aromatic N) is 4. The van der Waals surface area contributed by atoms with Gasteiger partial charge < -0.3 is 59.2 Å². The van der Waals surface area contributed by atoms with Crippen molar-refractivity contribution in [2.24, 2.45) is 5.41 Å². The number of rotatable bonds is 20. The number of carbonyl (C=O) groups is 6. The molecule has 4 aromatic carbocycles. The van der Waals surface area contributed by atoms with E-state index in [9.17, 15) is 39.0 Å². The molecule has 4 amide bonds. The van der Waals surface area contributed by atoms with Crippen LogP contribution in [0.15, 0.2) is 107 Å². The van der Waals surface area contributed by atoms with Crippen molar-refractivity contribution in [1.29, 1.82) is 0 Å². The van der Waals surface area contributed by atoms with Crippen LogP contribution < -0.4 is 20.1 Å². The van der Waals surface area contributed by atoms with Gasteiger partial charge in [-0.05, 0) is 86.0 Å². The van der Waals surface area contributed by atoms with Crippen LogP contribution >= 0.6 is 11.3 Å². The second-order valence-corrected chi connectivity index (χ2v) is 20.4. The molecule has 400 valence electrons. The van der Waals surface area contributed by atoms with Crippen molar-refractivity contribution < 1.29 is 62.7 Å². The molecule has 0 saturated carbocycles. The van der Waals surface area contributed by atoms with E-state index in [2.05, 4.69) is 27.0 Å². The number of hydrogen-bond donors (Lipinski definition) is 4. The summed E-state index contributed by atoms with van der Waals surface area (Å²) in [5.74, 6) is -1.21. The maximum Gasteiger partial charge on any atom is 0.415 e.